The first kappa shape index (κ1) is 15.2. The molecule has 0 aliphatic rings. The van der Waals surface area contributed by atoms with Crippen molar-refractivity contribution in [2.75, 3.05) is 0 Å². The Balaban J connectivity index is 2.02. The average Bonchev–Trinajstić information content (AvgIpc) is 2.43. The van der Waals surface area contributed by atoms with E-state index in [9.17, 15) is 4.39 Å². The fraction of sp³-hybridized carbons (Fsp3) is 0.294. The predicted octanol–water partition coefficient (Wildman–Crippen LogP) is 5.06. The molecule has 0 aromatic heterocycles. The van der Waals surface area contributed by atoms with Crippen LogP contribution in [0.15, 0.2) is 40.9 Å². The minimum atomic E-state index is -0.144. The zero-order valence-corrected chi connectivity index (χ0v) is 13.6. The molecular formula is C17H19BrFN. The maximum Gasteiger partial charge on any atom is 0.126 e. The van der Waals surface area contributed by atoms with Gasteiger partial charge >= 0.3 is 0 Å². The highest BCUT2D eigenvalue weighted by Gasteiger charge is 2.07. The maximum absolute atomic E-state index is 13.6. The standard InChI is InChI=1S/C17H19BrFN/c1-11-4-6-14(8-16(11)18)10-20-13(3)15-7-5-12(2)17(19)9-15/h4-9,13,20H,10H2,1-3H3. The lowest BCUT2D eigenvalue weighted by Gasteiger charge is -2.15. The van der Waals surface area contributed by atoms with Crippen molar-refractivity contribution < 1.29 is 4.39 Å². The van der Waals surface area contributed by atoms with Crippen molar-refractivity contribution in [3.63, 3.8) is 0 Å². The Morgan fingerprint density at radius 3 is 2.45 bits per heavy atom. The first-order chi connectivity index (χ1) is 9.47. The molecule has 0 saturated heterocycles. The number of hydrogen-bond donors (Lipinski definition) is 1. The highest BCUT2D eigenvalue weighted by molar-refractivity contribution is 9.10. The lowest BCUT2D eigenvalue weighted by molar-refractivity contribution is 0.563. The molecule has 1 unspecified atom stereocenters. The zero-order chi connectivity index (χ0) is 14.7. The summed E-state index contributed by atoms with van der Waals surface area (Å²) in [5, 5.41) is 3.42. The Morgan fingerprint density at radius 1 is 1.10 bits per heavy atom. The summed E-state index contributed by atoms with van der Waals surface area (Å²) in [5.74, 6) is -0.144. The van der Waals surface area contributed by atoms with Gasteiger partial charge in [0.15, 0.2) is 0 Å². The number of aryl methyl sites for hydroxylation is 2. The van der Waals surface area contributed by atoms with Crippen LogP contribution in [0.3, 0.4) is 0 Å². The molecule has 1 N–H and O–H groups in total. The van der Waals surface area contributed by atoms with Gasteiger partial charge in [-0.15, -0.1) is 0 Å². The Bertz CT molecular complexity index is 610. The van der Waals surface area contributed by atoms with E-state index in [1.807, 2.05) is 19.1 Å². The molecule has 2 aromatic carbocycles. The molecule has 0 aliphatic carbocycles. The molecule has 2 rings (SSSR count). The fourth-order valence-corrected chi connectivity index (χ4v) is 2.44. The van der Waals surface area contributed by atoms with Crippen molar-refractivity contribution in [1.82, 2.24) is 5.32 Å². The van der Waals surface area contributed by atoms with E-state index in [0.717, 1.165) is 16.6 Å². The first-order valence-corrected chi connectivity index (χ1v) is 7.51. The molecule has 0 heterocycles. The van der Waals surface area contributed by atoms with E-state index in [2.05, 4.69) is 46.4 Å². The normalized spacial score (nSPS) is 12.4. The van der Waals surface area contributed by atoms with Crippen LogP contribution in [0.25, 0.3) is 0 Å². The van der Waals surface area contributed by atoms with Gasteiger partial charge in [0.05, 0.1) is 0 Å². The lowest BCUT2D eigenvalue weighted by atomic mass is 10.1. The molecule has 106 valence electrons. The number of nitrogens with one attached hydrogen (secondary N) is 1. The van der Waals surface area contributed by atoms with E-state index >= 15 is 0 Å². The average molecular weight is 336 g/mol. The topological polar surface area (TPSA) is 12.0 Å². The maximum atomic E-state index is 13.6. The van der Waals surface area contributed by atoms with E-state index in [4.69, 9.17) is 0 Å². The lowest BCUT2D eigenvalue weighted by Crippen LogP contribution is -2.18. The van der Waals surface area contributed by atoms with Crippen molar-refractivity contribution in [2.24, 2.45) is 0 Å². The van der Waals surface area contributed by atoms with Gasteiger partial charge in [-0.05, 0) is 55.2 Å². The molecule has 0 saturated carbocycles. The van der Waals surface area contributed by atoms with Gasteiger partial charge in [0.25, 0.3) is 0 Å². The third-order valence-corrected chi connectivity index (χ3v) is 4.40. The zero-order valence-electron chi connectivity index (χ0n) is 12.0. The van der Waals surface area contributed by atoms with Crippen LogP contribution in [0, 0.1) is 19.7 Å². The van der Waals surface area contributed by atoms with Crippen LogP contribution in [-0.2, 0) is 6.54 Å². The molecule has 1 atom stereocenters. The number of hydrogen-bond acceptors (Lipinski definition) is 1. The molecule has 0 amide bonds. The minimum Gasteiger partial charge on any atom is -0.306 e. The highest BCUT2D eigenvalue weighted by atomic mass is 79.9. The molecule has 0 radical (unpaired) electrons. The summed E-state index contributed by atoms with van der Waals surface area (Å²) in [6, 6.07) is 11.8. The summed E-state index contributed by atoms with van der Waals surface area (Å²) in [7, 11) is 0. The van der Waals surface area contributed by atoms with Gasteiger partial charge in [0.2, 0.25) is 0 Å². The second-order valence-electron chi connectivity index (χ2n) is 5.19. The van der Waals surface area contributed by atoms with Gasteiger partial charge in [-0.3, -0.25) is 0 Å². The van der Waals surface area contributed by atoms with E-state index in [-0.39, 0.29) is 11.9 Å². The van der Waals surface area contributed by atoms with E-state index < -0.39 is 0 Å². The van der Waals surface area contributed by atoms with Crippen LogP contribution in [0.2, 0.25) is 0 Å². The third-order valence-electron chi connectivity index (χ3n) is 3.54. The second-order valence-corrected chi connectivity index (χ2v) is 6.05. The van der Waals surface area contributed by atoms with Gasteiger partial charge in [-0.2, -0.15) is 0 Å². The summed E-state index contributed by atoms with van der Waals surface area (Å²) < 4.78 is 14.7. The molecule has 0 fully saturated rings. The summed E-state index contributed by atoms with van der Waals surface area (Å²) in [6.45, 7) is 6.66. The van der Waals surface area contributed by atoms with Crippen molar-refractivity contribution in [3.05, 3.63) is 68.9 Å². The molecule has 0 spiro atoms. The van der Waals surface area contributed by atoms with Crippen molar-refractivity contribution in [1.29, 1.82) is 0 Å². The van der Waals surface area contributed by atoms with E-state index in [0.29, 0.717) is 5.56 Å². The predicted molar refractivity (Wildman–Crippen MR) is 85.3 cm³/mol. The minimum absolute atomic E-state index is 0.116. The van der Waals surface area contributed by atoms with Crippen LogP contribution in [0.1, 0.15) is 35.2 Å². The summed E-state index contributed by atoms with van der Waals surface area (Å²) in [6.07, 6.45) is 0. The van der Waals surface area contributed by atoms with Crippen LogP contribution >= 0.6 is 15.9 Å². The molecular weight excluding hydrogens is 317 g/mol. The van der Waals surface area contributed by atoms with Crippen molar-refractivity contribution in [3.8, 4) is 0 Å². The first-order valence-electron chi connectivity index (χ1n) is 6.72. The third kappa shape index (κ3) is 3.68. The second kappa shape index (κ2) is 6.51. The monoisotopic (exact) mass is 335 g/mol. The Morgan fingerprint density at radius 2 is 1.80 bits per heavy atom. The highest BCUT2D eigenvalue weighted by Crippen LogP contribution is 2.19. The molecule has 3 heteroatoms. The van der Waals surface area contributed by atoms with Crippen LogP contribution in [0.5, 0.6) is 0 Å². The molecule has 0 aliphatic heterocycles. The van der Waals surface area contributed by atoms with Gasteiger partial charge in [0, 0.05) is 17.1 Å². The van der Waals surface area contributed by atoms with Crippen LogP contribution < -0.4 is 5.32 Å². The number of benzene rings is 2. The van der Waals surface area contributed by atoms with E-state index in [1.165, 1.54) is 11.1 Å². The van der Waals surface area contributed by atoms with Gasteiger partial charge in [-0.25, -0.2) is 4.39 Å². The van der Waals surface area contributed by atoms with Crippen LogP contribution in [-0.4, -0.2) is 0 Å². The molecule has 0 bridgehead atoms. The van der Waals surface area contributed by atoms with Gasteiger partial charge in [-0.1, -0.05) is 40.2 Å². The number of rotatable bonds is 4. The number of halogens is 2. The quantitative estimate of drug-likeness (QED) is 0.823. The molecule has 2 aromatic rings. The Kier molecular flexibility index (Phi) is 4.95. The fourth-order valence-electron chi connectivity index (χ4n) is 2.01. The van der Waals surface area contributed by atoms with Crippen LogP contribution in [0.4, 0.5) is 4.39 Å². The largest absolute Gasteiger partial charge is 0.306 e. The van der Waals surface area contributed by atoms with Gasteiger partial charge in [0.1, 0.15) is 5.82 Å². The summed E-state index contributed by atoms with van der Waals surface area (Å²) >= 11 is 3.54. The molecule has 20 heavy (non-hydrogen) atoms. The van der Waals surface area contributed by atoms with Crippen molar-refractivity contribution >= 4 is 15.9 Å². The van der Waals surface area contributed by atoms with Crippen molar-refractivity contribution in [2.45, 2.75) is 33.4 Å². The summed E-state index contributed by atoms with van der Waals surface area (Å²) in [4.78, 5) is 0. The SMILES string of the molecule is Cc1ccc(C(C)NCc2ccc(C)c(Br)c2)cc1F. The Labute approximate surface area is 128 Å². The molecule has 1 nitrogen and oxygen atoms in total. The smallest absolute Gasteiger partial charge is 0.126 e. The van der Waals surface area contributed by atoms with Gasteiger partial charge < -0.3 is 5.32 Å². The Hall–Kier alpha value is -1.19. The summed E-state index contributed by atoms with van der Waals surface area (Å²) in [5.41, 5.74) is 4.09. The van der Waals surface area contributed by atoms with E-state index in [1.54, 1.807) is 13.0 Å².